The summed E-state index contributed by atoms with van der Waals surface area (Å²) in [4.78, 5) is 0. The maximum atomic E-state index is 5.73. The fourth-order valence-electron chi connectivity index (χ4n) is 2.76. The molecule has 2 heteroatoms. The molecule has 1 aliphatic rings. The lowest BCUT2D eigenvalue weighted by molar-refractivity contribution is 0.327. The van der Waals surface area contributed by atoms with Gasteiger partial charge in [0.25, 0.3) is 0 Å². The molecule has 0 spiro atoms. The van der Waals surface area contributed by atoms with Crippen LogP contribution >= 0.6 is 0 Å². The summed E-state index contributed by atoms with van der Waals surface area (Å²) in [7, 11) is 0. The van der Waals surface area contributed by atoms with Gasteiger partial charge < -0.3 is 10.5 Å². The van der Waals surface area contributed by atoms with Gasteiger partial charge in [-0.25, -0.2) is 0 Å². The largest absolute Gasteiger partial charge is 0.494 e. The fraction of sp³-hybridized carbons (Fsp3) is 0.600. The van der Waals surface area contributed by atoms with E-state index in [1.807, 2.05) is 13.0 Å². The summed E-state index contributed by atoms with van der Waals surface area (Å²) in [6.45, 7) is 3.62. The molecule has 0 unspecified atom stereocenters. The van der Waals surface area contributed by atoms with Crippen LogP contribution < -0.4 is 10.5 Å². The van der Waals surface area contributed by atoms with Gasteiger partial charge in [-0.1, -0.05) is 12.1 Å². The van der Waals surface area contributed by atoms with Gasteiger partial charge in [0.1, 0.15) is 5.75 Å². The van der Waals surface area contributed by atoms with Gasteiger partial charge in [-0.2, -0.15) is 0 Å². The SMILES string of the molecule is CCOc1cccc(C2CCC(CN)CC2)c1. The first-order valence-corrected chi connectivity index (χ1v) is 6.76. The van der Waals surface area contributed by atoms with Gasteiger partial charge >= 0.3 is 0 Å². The highest BCUT2D eigenvalue weighted by Gasteiger charge is 2.21. The Bertz CT molecular complexity index is 343. The molecule has 2 rings (SSSR count). The van der Waals surface area contributed by atoms with E-state index in [2.05, 4.69) is 18.2 Å². The molecule has 0 aromatic heterocycles. The molecular weight excluding hydrogens is 210 g/mol. The van der Waals surface area contributed by atoms with Crippen LogP contribution in [0.25, 0.3) is 0 Å². The Hall–Kier alpha value is -1.02. The minimum Gasteiger partial charge on any atom is -0.494 e. The van der Waals surface area contributed by atoms with Crippen molar-refractivity contribution in [1.82, 2.24) is 0 Å². The van der Waals surface area contributed by atoms with Crippen molar-refractivity contribution in [3.8, 4) is 5.75 Å². The molecule has 0 radical (unpaired) electrons. The number of ether oxygens (including phenoxy) is 1. The molecule has 1 aromatic carbocycles. The van der Waals surface area contributed by atoms with E-state index in [-0.39, 0.29) is 0 Å². The van der Waals surface area contributed by atoms with Gasteiger partial charge in [0, 0.05) is 0 Å². The third-order valence-corrected chi connectivity index (χ3v) is 3.82. The van der Waals surface area contributed by atoms with Crippen molar-refractivity contribution >= 4 is 0 Å². The van der Waals surface area contributed by atoms with Gasteiger partial charge in [-0.05, 0) is 68.7 Å². The van der Waals surface area contributed by atoms with Crippen molar-refractivity contribution in [2.45, 2.75) is 38.5 Å². The Morgan fingerprint density at radius 2 is 2.00 bits per heavy atom. The minimum atomic E-state index is 0.707. The molecule has 0 saturated heterocycles. The zero-order valence-corrected chi connectivity index (χ0v) is 10.7. The van der Waals surface area contributed by atoms with E-state index < -0.39 is 0 Å². The first kappa shape index (κ1) is 12.4. The zero-order valence-electron chi connectivity index (χ0n) is 10.7. The quantitative estimate of drug-likeness (QED) is 0.866. The predicted octanol–water partition coefficient (Wildman–Crippen LogP) is 3.32. The second kappa shape index (κ2) is 6.06. The number of hydrogen-bond donors (Lipinski definition) is 1. The van der Waals surface area contributed by atoms with Gasteiger partial charge in [-0.15, -0.1) is 0 Å². The minimum absolute atomic E-state index is 0.707. The maximum absolute atomic E-state index is 5.73. The molecule has 1 fully saturated rings. The molecule has 1 aromatic rings. The summed E-state index contributed by atoms with van der Waals surface area (Å²) in [5, 5.41) is 0. The molecular formula is C15H23NO. The molecule has 0 amide bonds. The van der Waals surface area contributed by atoms with Crippen molar-refractivity contribution in [2.75, 3.05) is 13.2 Å². The van der Waals surface area contributed by atoms with Crippen LogP contribution in [0.3, 0.4) is 0 Å². The summed E-state index contributed by atoms with van der Waals surface area (Å²) in [6, 6.07) is 8.58. The predicted molar refractivity (Wildman–Crippen MR) is 71.4 cm³/mol. The first-order chi connectivity index (χ1) is 8.33. The van der Waals surface area contributed by atoms with Crippen LogP contribution in [-0.2, 0) is 0 Å². The topological polar surface area (TPSA) is 35.2 Å². The summed E-state index contributed by atoms with van der Waals surface area (Å²) in [5.74, 6) is 2.46. The van der Waals surface area contributed by atoms with Crippen molar-refractivity contribution in [3.05, 3.63) is 29.8 Å². The summed E-state index contributed by atoms with van der Waals surface area (Å²) < 4.78 is 5.56. The Kier molecular flexibility index (Phi) is 4.43. The maximum Gasteiger partial charge on any atom is 0.119 e. The molecule has 2 nitrogen and oxygen atoms in total. The number of hydrogen-bond acceptors (Lipinski definition) is 2. The smallest absolute Gasteiger partial charge is 0.119 e. The van der Waals surface area contributed by atoms with E-state index in [9.17, 15) is 0 Å². The van der Waals surface area contributed by atoms with Crippen LogP contribution in [-0.4, -0.2) is 13.2 Å². The van der Waals surface area contributed by atoms with Gasteiger partial charge in [0.05, 0.1) is 6.61 Å². The third-order valence-electron chi connectivity index (χ3n) is 3.82. The summed E-state index contributed by atoms with van der Waals surface area (Å²) in [5.41, 5.74) is 7.17. The van der Waals surface area contributed by atoms with Crippen molar-refractivity contribution in [1.29, 1.82) is 0 Å². The number of nitrogens with two attached hydrogens (primary N) is 1. The lowest BCUT2D eigenvalue weighted by atomic mass is 9.79. The fourth-order valence-corrected chi connectivity index (χ4v) is 2.76. The van der Waals surface area contributed by atoms with Gasteiger partial charge in [-0.3, -0.25) is 0 Å². The Morgan fingerprint density at radius 3 is 2.65 bits per heavy atom. The van der Waals surface area contributed by atoms with Crippen LogP contribution in [0.5, 0.6) is 5.75 Å². The van der Waals surface area contributed by atoms with Crippen molar-refractivity contribution in [3.63, 3.8) is 0 Å². The average Bonchev–Trinajstić information content (AvgIpc) is 2.40. The molecule has 0 atom stereocenters. The molecule has 0 aliphatic heterocycles. The molecule has 17 heavy (non-hydrogen) atoms. The van der Waals surface area contributed by atoms with Crippen LogP contribution in [0, 0.1) is 5.92 Å². The monoisotopic (exact) mass is 233 g/mol. The van der Waals surface area contributed by atoms with Gasteiger partial charge in [0.15, 0.2) is 0 Å². The van der Waals surface area contributed by atoms with E-state index >= 15 is 0 Å². The second-order valence-corrected chi connectivity index (χ2v) is 4.96. The Balaban J connectivity index is 2.00. The van der Waals surface area contributed by atoms with Crippen LogP contribution in [0.15, 0.2) is 24.3 Å². The van der Waals surface area contributed by atoms with Crippen LogP contribution in [0.4, 0.5) is 0 Å². The van der Waals surface area contributed by atoms with E-state index in [1.165, 1.54) is 31.2 Å². The van der Waals surface area contributed by atoms with E-state index in [0.717, 1.165) is 24.8 Å². The standard InChI is InChI=1S/C15H23NO/c1-2-17-15-5-3-4-14(10-15)13-8-6-12(11-16)7-9-13/h3-5,10,12-13H,2,6-9,11,16H2,1H3. The molecule has 1 saturated carbocycles. The highest BCUT2D eigenvalue weighted by atomic mass is 16.5. The average molecular weight is 233 g/mol. The summed E-state index contributed by atoms with van der Waals surface area (Å²) in [6.07, 6.45) is 5.11. The normalized spacial score (nSPS) is 24.6. The third kappa shape index (κ3) is 3.22. The van der Waals surface area contributed by atoms with Crippen LogP contribution in [0.1, 0.15) is 44.1 Å². The first-order valence-electron chi connectivity index (χ1n) is 6.76. The van der Waals surface area contributed by atoms with E-state index in [0.29, 0.717) is 5.92 Å². The molecule has 2 N–H and O–H groups in total. The van der Waals surface area contributed by atoms with Crippen LogP contribution in [0.2, 0.25) is 0 Å². The lowest BCUT2D eigenvalue weighted by Gasteiger charge is -2.28. The van der Waals surface area contributed by atoms with E-state index in [4.69, 9.17) is 10.5 Å². The number of benzene rings is 1. The van der Waals surface area contributed by atoms with Crippen molar-refractivity contribution in [2.24, 2.45) is 11.7 Å². The summed E-state index contributed by atoms with van der Waals surface area (Å²) >= 11 is 0. The number of rotatable bonds is 4. The lowest BCUT2D eigenvalue weighted by Crippen LogP contribution is -2.20. The Labute approximate surface area is 104 Å². The molecule has 1 aliphatic carbocycles. The Morgan fingerprint density at radius 1 is 1.24 bits per heavy atom. The zero-order chi connectivity index (χ0) is 12.1. The highest BCUT2D eigenvalue weighted by molar-refractivity contribution is 5.31. The second-order valence-electron chi connectivity index (χ2n) is 4.96. The molecule has 0 heterocycles. The van der Waals surface area contributed by atoms with Gasteiger partial charge in [0.2, 0.25) is 0 Å². The van der Waals surface area contributed by atoms with E-state index in [1.54, 1.807) is 0 Å². The molecule has 94 valence electrons. The molecule has 0 bridgehead atoms. The van der Waals surface area contributed by atoms with Crippen molar-refractivity contribution < 1.29 is 4.74 Å². The highest BCUT2D eigenvalue weighted by Crippen LogP contribution is 2.36.